The van der Waals surface area contributed by atoms with Crippen molar-refractivity contribution in [3.05, 3.63) is 90.6 Å². The number of benzene rings is 2. The van der Waals surface area contributed by atoms with Gasteiger partial charge in [-0.05, 0) is 36.1 Å². The molecule has 1 fully saturated rings. The molecule has 4 rings (SSSR count). The molecule has 48 heavy (non-hydrogen) atoms. The van der Waals surface area contributed by atoms with Gasteiger partial charge in [-0.15, -0.1) is 11.8 Å². The Bertz CT molecular complexity index is 1650. The van der Waals surface area contributed by atoms with Crippen LogP contribution in [0.4, 0.5) is 11.4 Å². The molecule has 0 radical (unpaired) electrons. The molecule has 254 valence electrons. The molecule has 3 amide bonds. The Morgan fingerprint density at radius 1 is 1.02 bits per heavy atom. The molecule has 2 aromatic carbocycles. The summed E-state index contributed by atoms with van der Waals surface area (Å²) in [4.78, 5) is 86.3. The van der Waals surface area contributed by atoms with Crippen LogP contribution in [0, 0.1) is 26.1 Å². The Labute approximate surface area is 282 Å². The zero-order chi connectivity index (χ0) is 35.0. The van der Waals surface area contributed by atoms with Crippen LogP contribution in [0.2, 0.25) is 0 Å². The summed E-state index contributed by atoms with van der Waals surface area (Å²) in [6.45, 7) is 1.26. The van der Waals surface area contributed by atoms with Gasteiger partial charge in [0.25, 0.3) is 17.3 Å². The van der Waals surface area contributed by atoms with Gasteiger partial charge >= 0.3 is 11.9 Å². The van der Waals surface area contributed by atoms with Crippen molar-refractivity contribution in [2.75, 3.05) is 12.3 Å². The highest BCUT2D eigenvalue weighted by Crippen LogP contribution is 2.42. The van der Waals surface area contributed by atoms with Gasteiger partial charge in [0.15, 0.2) is 0 Å². The Morgan fingerprint density at radius 3 is 2.38 bits per heavy atom. The number of fused-ring (bicyclic) bond motifs is 1. The van der Waals surface area contributed by atoms with E-state index in [1.807, 2.05) is 0 Å². The first-order valence-corrected chi connectivity index (χ1v) is 16.0. The first kappa shape index (κ1) is 35.8. The van der Waals surface area contributed by atoms with Crippen molar-refractivity contribution in [2.24, 2.45) is 5.92 Å². The predicted molar refractivity (Wildman–Crippen MR) is 170 cm³/mol. The third-order valence-corrected chi connectivity index (χ3v) is 9.10. The maximum Gasteiger partial charge on any atom is 0.356 e. The fourth-order valence-corrected chi connectivity index (χ4v) is 6.33. The molecule has 3 atom stereocenters. The quantitative estimate of drug-likeness (QED) is 0.0683. The van der Waals surface area contributed by atoms with E-state index in [0.29, 0.717) is 11.1 Å². The lowest BCUT2D eigenvalue weighted by Crippen LogP contribution is -2.71. The first-order chi connectivity index (χ1) is 22.9. The molecular weight excluding hydrogens is 674 g/mol. The summed E-state index contributed by atoms with van der Waals surface area (Å²) in [6.07, 6.45) is 0.430. The third kappa shape index (κ3) is 8.65. The van der Waals surface area contributed by atoms with Gasteiger partial charge in [0.2, 0.25) is 11.8 Å². The topological polar surface area (TPSA) is 217 Å². The van der Waals surface area contributed by atoms with Crippen LogP contribution in [0.5, 0.6) is 0 Å². The van der Waals surface area contributed by atoms with E-state index in [2.05, 4.69) is 10.6 Å². The number of nitro groups is 2. The second-order valence-electron chi connectivity index (χ2n) is 10.6. The van der Waals surface area contributed by atoms with Crippen molar-refractivity contribution in [3.8, 4) is 0 Å². The van der Waals surface area contributed by atoms with Crippen molar-refractivity contribution in [1.82, 2.24) is 15.5 Å². The Balaban J connectivity index is 1.40. The number of β-lactam (4-membered cyclic amide) rings is 1. The summed E-state index contributed by atoms with van der Waals surface area (Å²) in [6, 6.07) is 9.70. The SMILES string of the molecule is CCC(=O)NCCCC(C(=O)NC1C(=O)N2C(C(=O)OCc3ccc([N+](=O)[O-])cc3)=C(Cl)CS[C@@H]12)C(=O)OCc1cccc([N+](=O)[O-])c1. The number of carbonyl (C=O) groups is 5. The van der Waals surface area contributed by atoms with E-state index in [1.165, 1.54) is 60.3 Å². The van der Waals surface area contributed by atoms with Gasteiger partial charge in [-0.25, -0.2) is 4.79 Å². The van der Waals surface area contributed by atoms with Gasteiger partial charge < -0.3 is 20.1 Å². The number of carbonyl (C=O) groups excluding carboxylic acids is 5. The number of ether oxygens (including phenoxy) is 2. The Hall–Kier alpha value is -5.03. The van der Waals surface area contributed by atoms with E-state index in [9.17, 15) is 44.2 Å². The second-order valence-corrected chi connectivity index (χ2v) is 12.1. The molecule has 0 bridgehead atoms. The molecule has 0 aromatic heterocycles. The Morgan fingerprint density at radius 2 is 1.71 bits per heavy atom. The van der Waals surface area contributed by atoms with Gasteiger partial charge in [0.1, 0.15) is 36.2 Å². The molecule has 2 aromatic rings. The van der Waals surface area contributed by atoms with Crippen LogP contribution < -0.4 is 10.6 Å². The van der Waals surface area contributed by atoms with Crippen LogP contribution >= 0.6 is 23.4 Å². The van der Waals surface area contributed by atoms with Crippen LogP contribution in [0.15, 0.2) is 59.3 Å². The van der Waals surface area contributed by atoms with Crippen LogP contribution in [0.3, 0.4) is 0 Å². The van der Waals surface area contributed by atoms with E-state index in [1.54, 1.807) is 6.92 Å². The minimum Gasteiger partial charge on any atom is -0.460 e. The molecule has 0 aliphatic carbocycles. The number of nitrogens with one attached hydrogen (secondary N) is 2. The zero-order valence-corrected chi connectivity index (χ0v) is 27.0. The average Bonchev–Trinajstić information content (AvgIpc) is 3.08. The highest BCUT2D eigenvalue weighted by Gasteiger charge is 2.55. The lowest BCUT2D eigenvalue weighted by molar-refractivity contribution is -0.385. The number of hydrogen-bond donors (Lipinski definition) is 2. The number of rotatable bonds is 15. The van der Waals surface area contributed by atoms with Crippen LogP contribution in [-0.4, -0.2) is 68.1 Å². The molecule has 2 unspecified atom stereocenters. The van der Waals surface area contributed by atoms with E-state index in [4.69, 9.17) is 21.1 Å². The molecule has 0 spiro atoms. The molecule has 2 N–H and O–H groups in total. The highest BCUT2D eigenvalue weighted by atomic mass is 35.5. The van der Waals surface area contributed by atoms with Gasteiger partial charge in [-0.2, -0.15) is 0 Å². The number of esters is 2. The van der Waals surface area contributed by atoms with E-state index in [-0.39, 0.29) is 72.8 Å². The van der Waals surface area contributed by atoms with Gasteiger partial charge in [-0.3, -0.25) is 44.3 Å². The van der Waals surface area contributed by atoms with Gasteiger partial charge in [0.05, 0.1) is 14.9 Å². The largest absolute Gasteiger partial charge is 0.460 e. The number of thioether (sulfide) groups is 1. The fourth-order valence-electron chi connectivity index (χ4n) is 4.79. The summed E-state index contributed by atoms with van der Waals surface area (Å²) in [5.74, 6) is -4.80. The van der Waals surface area contributed by atoms with Crippen molar-refractivity contribution in [3.63, 3.8) is 0 Å². The van der Waals surface area contributed by atoms with E-state index in [0.717, 1.165) is 4.90 Å². The normalized spacial score (nSPS) is 17.4. The molecule has 2 heterocycles. The maximum absolute atomic E-state index is 13.4. The number of nitro benzene ring substituents is 2. The van der Waals surface area contributed by atoms with Crippen LogP contribution in [-0.2, 0) is 46.7 Å². The average molecular weight is 704 g/mol. The summed E-state index contributed by atoms with van der Waals surface area (Å²) < 4.78 is 10.6. The molecule has 2 aliphatic rings. The van der Waals surface area contributed by atoms with E-state index >= 15 is 0 Å². The molecule has 0 saturated carbocycles. The first-order valence-electron chi connectivity index (χ1n) is 14.6. The lowest BCUT2D eigenvalue weighted by atomic mass is 9.99. The second kappa shape index (κ2) is 16.2. The van der Waals surface area contributed by atoms with Crippen LogP contribution in [0.1, 0.15) is 37.3 Å². The van der Waals surface area contributed by atoms with Crippen molar-refractivity contribution < 1.29 is 43.3 Å². The van der Waals surface area contributed by atoms with Crippen molar-refractivity contribution in [2.45, 2.75) is 50.8 Å². The summed E-state index contributed by atoms with van der Waals surface area (Å²) >= 11 is 7.49. The fraction of sp³-hybridized carbons (Fsp3) is 0.367. The maximum atomic E-state index is 13.4. The zero-order valence-electron chi connectivity index (χ0n) is 25.4. The molecule has 18 heteroatoms. The number of halogens is 1. The summed E-state index contributed by atoms with van der Waals surface area (Å²) in [7, 11) is 0. The number of amides is 3. The lowest BCUT2D eigenvalue weighted by Gasteiger charge is -2.49. The number of hydrogen-bond acceptors (Lipinski definition) is 12. The smallest absolute Gasteiger partial charge is 0.356 e. The standard InChI is InChI=1S/C30H30ClN5O11S/c1-2-23(37)32-12-4-7-21(29(40)46-15-18-5-3-6-20(13-18)36(44)45)26(38)33-24-27(39)34-25(22(31)16-48-28(24)34)30(41)47-14-17-8-10-19(11-9-17)35(42)43/h3,5-6,8-11,13,21,24,28H,2,4,7,12,14-16H2,1H3,(H,32,37)(H,33,38)/t21?,24?,28-/m0/s1. The number of nitrogens with zero attached hydrogens (tertiary/aromatic N) is 3. The molecule has 2 aliphatic heterocycles. The minimum atomic E-state index is -1.39. The summed E-state index contributed by atoms with van der Waals surface area (Å²) in [5, 5.41) is 26.5. The number of non-ortho nitro benzene ring substituents is 2. The van der Waals surface area contributed by atoms with Crippen molar-refractivity contribution in [1.29, 1.82) is 0 Å². The van der Waals surface area contributed by atoms with E-state index < -0.39 is 50.9 Å². The van der Waals surface area contributed by atoms with Gasteiger partial charge in [-0.1, -0.05) is 30.7 Å². The molecule has 1 saturated heterocycles. The Kier molecular flexibility index (Phi) is 12.1. The van der Waals surface area contributed by atoms with Crippen LogP contribution in [0.25, 0.3) is 0 Å². The molecule has 16 nitrogen and oxygen atoms in total. The highest BCUT2D eigenvalue weighted by molar-refractivity contribution is 8.00. The van der Waals surface area contributed by atoms with Crippen molar-refractivity contribution >= 4 is 64.4 Å². The van der Waals surface area contributed by atoms with Gasteiger partial charge in [0, 0.05) is 43.0 Å². The molecular formula is C30H30ClN5O11S. The third-order valence-electron chi connectivity index (χ3n) is 7.35. The minimum absolute atomic E-state index is 0.0437. The monoisotopic (exact) mass is 703 g/mol. The summed E-state index contributed by atoms with van der Waals surface area (Å²) in [5.41, 5.74) is 0.254. The predicted octanol–water partition coefficient (Wildman–Crippen LogP) is 3.06.